The Morgan fingerprint density at radius 1 is 1.20 bits per heavy atom. The second-order valence-corrected chi connectivity index (χ2v) is 9.30. The summed E-state index contributed by atoms with van der Waals surface area (Å²) in [7, 11) is -1.04. The smallest absolute Gasteiger partial charge is 0.317 e. The van der Waals surface area contributed by atoms with Gasteiger partial charge in [-0.1, -0.05) is 12.1 Å². The van der Waals surface area contributed by atoms with Gasteiger partial charge in [0, 0.05) is 31.9 Å². The van der Waals surface area contributed by atoms with Gasteiger partial charge in [0.05, 0.1) is 4.90 Å². The first-order valence-corrected chi connectivity index (χ1v) is 10.8. The summed E-state index contributed by atoms with van der Waals surface area (Å²) >= 11 is 0. The highest BCUT2D eigenvalue weighted by molar-refractivity contribution is 7.90. The first kappa shape index (κ1) is 18.2. The van der Waals surface area contributed by atoms with Gasteiger partial charge in [0.25, 0.3) is 0 Å². The van der Waals surface area contributed by atoms with Crippen molar-refractivity contribution in [2.75, 3.05) is 32.9 Å². The van der Waals surface area contributed by atoms with Gasteiger partial charge in [0.1, 0.15) is 0 Å². The zero-order valence-electron chi connectivity index (χ0n) is 14.9. The van der Waals surface area contributed by atoms with Crippen LogP contribution in [0.4, 0.5) is 4.79 Å². The van der Waals surface area contributed by atoms with E-state index in [1.807, 2.05) is 4.90 Å². The molecule has 2 aliphatic heterocycles. The van der Waals surface area contributed by atoms with Crippen molar-refractivity contribution in [3.8, 4) is 0 Å². The molecule has 2 amide bonds. The predicted molar refractivity (Wildman–Crippen MR) is 97.1 cm³/mol. The van der Waals surface area contributed by atoms with Crippen LogP contribution in [0.15, 0.2) is 29.2 Å². The zero-order chi connectivity index (χ0) is 18.0. The summed E-state index contributed by atoms with van der Waals surface area (Å²) in [6.45, 7) is 3.35. The topological polar surface area (TPSA) is 69.7 Å². The number of urea groups is 1. The van der Waals surface area contributed by atoms with Crippen LogP contribution < -0.4 is 5.32 Å². The van der Waals surface area contributed by atoms with Crippen molar-refractivity contribution in [1.29, 1.82) is 0 Å². The van der Waals surface area contributed by atoms with Crippen LogP contribution in [0.2, 0.25) is 0 Å². The lowest BCUT2D eigenvalue weighted by Gasteiger charge is -2.46. The van der Waals surface area contributed by atoms with Gasteiger partial charge in [-0.3, -0.25) is 0 Å². The lowest BCUT2D eigenvalue weighted by atomic mass is 9.84. The van der Waals surface area contributed by atoms with Crippen molar-refractivity contribution in [3.05, 3.63) is 29.8 Å². The number of carbonyl (C=O) groups is 1. The van der Waals surface area contributed by atoms with Crippen LogP contribution in [0.5, 0.6) is 0 Å². The van der Waals surface area contributed by atoms with Crippen molar-refractivity contribution in [2.24, 2.45) is 5.92 Å². The van der Waals surface area contributed by atoms with Crippen molar-refractivity contribution in [1.82, 2.24) is 15.1 Å². The molecule has 0 aromatic heterocycles. The Labute approximate surface area is 150 Å². The molecule has 2 fully saturated rings. The average Bonchev–Trinajstić information content (AvgIpc) is 2.58. The fourth-order valence-corrected chi connectivity index (χ4v) is 4.60. The van der Waals surface area contributed by atoms with Crippen LogP contribution >= 0.6 is 0 Å². The number of piperidine rings is 2. The fraction of sp³-hybridized carbons (Fsp3) is 0.611. The average molecular weight is 365 g/mol. The van der Waals surface area contributed by atoms with Crippen LogP contribution in [-0.4, -0.2) is 63.2 Å². The number of fused-ring (bicyclic) bond motifs is 1. The molecular formula is C18H27N3O3S. The SMILES string of the molecule is CN1CCC2C(CCCN2C(=O)NCc2ccc(S(C)(=O)=O)cc2)C1. The molecule has 1 N–H and O–H groups in total. The van der Waals surface area contributed by atoms with Crippen molar-refractivity contribution in [2.45, 2.75) is 36.7 Å². The zero-order valence-corrected chi connectivity index (χ0v) is 15.8. The standard InChI is InChI=1S/C18H27N3O3S/c1-20-11-9-17-15(13-20)4-3-10-21(17)18(22)19-12-14-5-7-16(8-6-14)25(2,23)24/h5-8,15,17H,3-4,9-13H2,1-2H3,(H,19,22). The molecule has 2 heterocycles. The molecule has 2 saturated heterocycles. The van der Waals surface area contributed by atoms with Gasteiger partial charge in [0.15, 0.2) is 9.84 Å². The molecule has 7 heteroatoms. The van der Waals surface area contributed by atoms with Crippen LogP contribution in [-0.2, 0) is 16.4 Å². The minimum Gasteiger partial charge on any atom is -0.334 e. The third-order valence-corrected chi connectivity index (χ3v) is 6.46. The maximum absolute atomic E-state index is 12.6. The summed E-state index contributed by atoms with van der Waals surface area (Å²) in [6.07, 6.45) is 4.49. The summed E-state index contributed by atoms with van der Waals surface area (Å²) < 4.78 is 23.0. The lowest BCUT2D eigenvalue weighted by Crippen LogP contribution is -2.57. The van der Waals surface area contributed by atoms with E-state index >= 15 is 0 Å². The molecule has 25 heavy (non-hydrogen) atoms. The highest BCUT2D eigenvalue weighted by Crippen LogP contribution is 2.30. The van der Waals surface area contributed by atoms with Gasteiger partial charge in [0.2, 0.25) is 0 Å². The molecular weight excluding hydrogens is 338 g/mol. The molecule has 2 unspecified atom stereocenters. The number of amides is 2. The number of hydrogen-bond donors (Lipinski definition) is 1. The van der Waals surface area contributed by atoms with E-state index in [-0.39, 0.29) is 6.03 Å². The number of hydrogen-bond acceptors (Lipinski definition) is 4. The van der Waals surface area contributed by atoms with E-state index in [9.17, 15) is 13.2 Å². The summed E-state index contributed by atoms with van der Waals surface area (Å²) in [5.74, 6) is 0.576. The third kappa shape index (κ3) is 4.33. The molecule has 2 aliphatic rings. The highest BCUT2D eigenvalue weighted by atomic mass is 32.2. The van der Waals surface area contributed by atoms with Crippen LogP contribution in [0.25, 0.3) is 0 Å². The first-order valence-electron chi connectivity index (χ1n) is 8.86. The lowest BCUT2D eigenvalue weighted by molar-refractivity contribution is 0.0532. The van der Waals surface area contributed by atoms with Gasteiger partial charge < -0.3 is 15.1 Å². The Bertz CT molecular complexity index is 718. The first-order chi connectivity index (χ1) is 11.8. The van der Waals surface area contributed by atoms with Gasteiger partial charge in [-0.2, -0.15) is 0 Å². The van der Waals surface area contributed by atoms with E-state index < -0.39 is 9.84 Å². The highest BCUT2D eigenvalue weighted by Gasteiger charge is 2.37. The molecule has 0 aliphatic carbocycles. The molecule has 0 bridgehead atoms. The molecule has 1 aromatic carbocycles. The van der Waals surface area contributed by atoms with Gasteiger partial charge >= 0.3 is 6.03 Å². The molecule has 138 valence electrons. The second kappa shape index (κ2) is 7.33. The normalized spacial score (nSPS) is 24.6. The van der Waals surface area contributed by atoms with Crippen LogP contribution in [0, 0.1) is 5.92 Å². The Morgan fingerprint density at radius 2 is 1.92 bits per heavy atom. The Hall–Kier alpha value is -1.60. The molecule has 3 rings (SSSR count). The number of carbonyl (C=O) groups excluding carboxylic acids is 1. The Balaban J connectivity index is 1.58. The molecule has 1 aromatic rings. The maximum atomic E-state index is 12.6. The van der Waals surface area contributed by atoms with E-state index in [0.717, 1.165) is 38.0 Å². The Kier molecular flexibility index (Phi) is 5.34. The molecule has 0 radical (unpaired) electrons. The van der Waals surface area contributed by atoms with Crippen LogP contribution in [0.1, 0.15) is 24.8 Å². The van der Waals surface area contributed by atoms with Crippen molar-refractivity contribution < 1.29 is 13.2 Å². The summed E-state index contributed by atoms with van der Waals surface area (Å²) in [5.41, 5.74) is 0.901. The fourth-order valence-electron chi connectivity index (χ4n) is 3.97. The second-order valence-electron chi connectivity index (χ2n) is 7.29. The molecule has 0 spiro atoms. The third-order valence-electron chi connectivity index (χ3n) is 5.33. The monoisotopic (exact) mass is 365 g/mol. The van der Waals surface area contributed by atoms with E-state index in [0.29, 0.717) is 23.4 Å². The van der Waals surface area contributed by atoms with Gasteiger partial charge in [-0.05, 0) is 56.5 Å². The predicted octanol–water partition coefficient (Wildman–Crippen LogP) is 1.72. The van der Waals surface area contributed by atoms with Gasteiger partial charge in [-0.15, -0.1) is 0 Å². The quantitative estimate of drug-likeness (QED) is 0.885. The largest absolute Gasteiger partial charge is 0.334 e. The van der Waals surface area contributed by atoms with Gasteiger partial charge in [-0.25, -0.2) is 13.2 Å². The van der Waals surface area contributed by atoms with E-state index in [4.69, 9.17) is 0 Å². The number of benzene rings is 1. The number of nitrogens with one attached hydrogen (secondary N) is 1. The van der Waals surface area contributed by atoms with E-state index in [2.05, 4.69) is 17.3 Å². The molecule has 0 saturated carbocycles. The molecule has 2 atom stereocenters. The van der Waals surface area contributed by atoms with E-state index in [1.165, 1.54) is 12.7 Å². The van der Waals surface area contributed by atoms with Crippen molar-refractivity contribution >= 4 is 15.9 Å². The van der Waals surface area contributed by atoms with Crippen molar-refractivity contribution in [3.63, 3.8) is 0 Å². The summed E-state index contributed by atoms with van der Waals surface area (Å²) in [4.78, 5) is 17.3. The maximum Gasteiger partial charge on any atom is 0.317 e. The van der Waals surface area contributed by atoms with Crippen LogP contribution in [0.3, 0.4) is 0 Å². The number of likely N-dealkylation sites (tertiary alicyclic amines) is 2. The summed E-state index contributed by atoms with van der Waals surface area (Å²) in [6, 6.07) is 7.02. The number of rotatable bonds is 3. The Morgan fingerprint density at radius 3 is 2.60 bits per heavy atom. The molecule has 6 nitrogen and oxygen atoms in total. The van der Waals surface area contributed by atoms with E-state index in [1.54, 1.807) is 24.3 Å². The minimum atomic E-state index is -3.19. The minimum absolute atomic E-state index is 0.00792. The number of sulfone groups is 1. The summed E-state index contributed by atoms with van der Waals surface area (Å²) in [5, 5.41) is 3.00. The number of nitrogens with zero attached hydrogens (tertiary/aromatic N) is 2.